The zero-order chi connectivity index (χ0) is 8.69. The maximum absolute atomic E-state index is 8.43. The number of nitrogens with zero attached hydrogens (tertiary/aromatic N) is 1. The van der Waals surface area contributed by atoms with Gasteiger partial charge in [0.15, 0.2) is 0 Å². The molecule has 0 bridgehead atoms. The van der Waals surface area contributed by atoms with Crippen LogP contribution in [0.4, 0.5) is 0 Å². The van der Waals surface area contributed by atoms with Crippen LogP contribution in [0.3, 0.4) is 0 Å². The smallest absolute Gasteiger partial charge is 0.0620 e. The Balaban J connectivity index is 3.46. The molecule has 0 heterocycles. The van der Waals surface area contributed by atoms with Crippen molar-refractivity contribution in [3.63, 3.8) is 0 Å². The minimum Gasteiger partial charge on any atom is -0.394 e. The van der Waals surface area contributed by atoms with Gasteiger partial charge < -0.3 is 10.5 Å². The highest BCUT2D eigenvalue weighted by Gasteiger charge is 1.95. The Kier molecular flexibility index (Phi) is 5.84. The summed E-state index contributed by atoms with van der Waals surface area (Å²) in [5.41, 5.74) is 3.87. The van der Waals surface area contributed by atoms with Gasteiger partial charge >= 0.3 is 0 Å². The van der Waals surface area contributed by atoms with Crippen molar-refractivity contribution in [3.05, 3.63) is 0 Å². The highest BCUT2D eigenvalue weighted by atomic mass is 16.3. The normalized spacial score (nSPS) is 12.3. The van der Waals surface area contributed by atoms with Crippen LogP contribution < -0.4 is 5.43 Å². The number of hydrazone groups is 1. The monoisotopic (exact) mass is 158 g/mol. The Morgan fingerprint density at radius 2 is 2.18 bits per heavy atom. The van der Waals surface area contributed by atoms with E-state index in [0.717, 1.165) is 12.1 Å². The third kappa shape index (κ3) is 7.33. The van der Waals surface area contributed by atoms with Crippen LogP contribution >= 0.6 is 0 Å². The van der Waals surface area contributed by atoms with Crippen LogP contribution in [0.25, 0.3) is 0 Å². The molecular formula is C8H18N2O. The van der Waals surface area contributed by atoms with Gasteiger partial charge in [-0.15, -0.1) is 0 Å². The van der Waals surface area contributed by atoms with Crippen LogP contribution in [0.15, 0.2) is 5.10 Å². The quantitative estimate of drug-likeness (QED) is 0.356. The third-order valence-electron chi connectivity index (χ3n) is 1.20. The van der Waals surface area contributed by atoms with Gasteiger partial charge in [0.2, 0.25) is 0 Å². The molecule has 0 atom stereocenters. The lowest BCUT2D eigenvalue weighted by Gasteiger charge is -2.03. The molecule has 66 valence electrons. The second-order valence-electron chi connectivity index (χ2n) is 3.08. The summed E-state index contributed by atoms with van der Waals surface area (Å²) < 4.78 is 0. The maximum atomic E-state index is 8.43. The number of aliphatic hydroxyl groups excluding tert-OH is 1. The van der Waals surface area contributed by atoms with Crippen LogP contribution in [-0.2, 0) is 0 Å². The second-order valence-corrected chi connectivity index (χ2v) is 3.08. The molecule has 11 heavy (non-hydrogen) atoms. The van der Waals surface area contributed by atoms with Gasteiger partial charge in [-0.1, -0.05) is 13.8 Å². The Labute approximate surface area is 68.5 Å². The minimum absolute atomic E-state index is 0.137. The molecular weight excluding hydrogens is 140 g/mol. The Hall–Kier alpha value is -0.570. The highest BCUT2D eigenvalue weighted by Crippen LogP contribution is 1.99. The summed E-state index contributed by atoms with van der Waals surface area (Å²) in [6, 6.07) is 0. The van der Waals surface area contributed by atoms with Gasteiger partial charge in [-0.05, 0) is 19.3 Å². The third-order valence-corrected chi connectivity index (χ3v) is 1.20. The first-order chi connectivity index (χ1) is 5.16. The molecule has 0 aromatic carbocycles. The molecule has 0 aliphatic rings. The number of hydrogen-bond donors (Lipinski definition) is 2. The Bertz CT molecular complexity index is 121. The highest BCUT2D eigenvalue weighted by molar-refractivity contribution is 5.81. The van der Waals surface area contributed by atoms with Crippen molar-refractivity contribution in [2.24, 2.45) is 11.0 Å². The van der Waals surface area contributed by atoms with E-state index in [4.69, 9.17) is 5.11 Å². The van der Waals surface area contributed by atoms with Gasteiger partial charge in [0.1, 0.15) is 0 Å². The molecule has 0 amide bonds. The molecule has 0 rings (SSSR count). The van der Waals surface area contributed by atoms with Crippen molar-refractivity contribution in [2.45, 2.75) is 27.2 Å². The molecule has 0 saturated heterocycles. The molecule has 3 heteroatoms. The molecule has 2 N–H and O–H groups in total. The van der Waals surface area contributed by atoms with Crippen molar-refractivity contribution in [3.8, 4) is 0 Å². The predicted molar refractivity (Wildman–Crippen MR) is 47.7 cm³/mol. The van der Waals surface area contributed by atoms with E-state index < -0.39 is 0 Å². The van der Waals surface area contributed by atoms with E-state index in [-0.39, 0.29) is 6.61 Å². The molecule has 0 aromatic rings. The summed E-state index contributed by atoms with van der Waals surface area (Å²) >= 11 is 0. The van der Waals surface area contributed by atoms with Gasteiger partial charge in [-0.3, -0.25) is 0 Å². The first-order valence-corrected chi connectivity index (χ1v) is 4.03. The van der Waals surface area contributed by atoms with E-state index in [1.165, 1.54) is 0 Å². The van der Waals surface area contributed by atoms with Crippen LogP contribution in [0, 0.1) is 5.92 Å². The van der Waals surface area contributed by atoms with Gasteiger partial charge in [0, 0.05) is 5.71 Å². The van der Waals surface area contributed by atoms with Crippen LogP contribution in [0.2, 0.25) is 0 Å². The predicted octanol–water partition coefficient (Wildman–Crippen LogP) is 0.990. The largest absolute Gasteiger partial charge is 0.394 e. The van der Waals surface area contributed by atoms with Crippen molar-refractivity contribution in [1.29, 1.82) is 0 Å². The van der Waals surface area contributed by atoms with Crippen LogP contribution in [0.1, 0.15) is 27.2 Å². The molecule has 0 aromatic heterocycles. The molecule has 0 unspecified atom stereocenters. The molecule has 3 nitrogen and oxygen atoms in total. The summed E-state index contributed by atoms with van der Waals surface area (Å²) in [7, 11) is 0. The summed E-state index contributed by atoms with van der Waals surface area (Å²) in [5.74, 6) is 0.648. The van der Waals surface area contributed by atoms with E-state index >= 15 is 0 Å². The molecule has 0 radical (unpaired) electrons. The summed E-state index contributed by atoms with van der Waals surface area (Å²) in [4.78, 5) is 0. The van der Waals surface area contributed by atoms with Crippen molar-refractivity contribution in [1.82, 2.24) is 5.43 Å². The first-order valence-electron chi connectivity index (χ1n) is 4.03. The molecule has 0 aliphatic heterocycles. The Morgan fingerprint density at radius 1 is 1.55 bits per heavy atom. The lowest BCUT2D eigenvalue weighted by molar-refractivity contribution is 0.293. The van der Waals surface area contributed by atoms with Gasteiger partial charge in [0.25, 0.3) is 0 Å². The maximum Gasteiger partial charge on any atom is 0.0620 e. The van der Waals surface area contributed by atoms with Crippen LogP contribution in [-0.4, -0.2) is 24.0 Å². The topological polar surface area (TPSA) is 44.6 Å². The lowest BCUT2D eigenvalue weighted by Crippen LogP contribution is -2.14. The molecule has 0 spiro atoms. The van der Waals surface area contributed by atoms with E-state index in [2.05, 4.69) is 24.4 Å². The average molecular weight is 158 g/mol. The standard InChI is InChI=1S/C8H18N2O/c1-7(2)6-8(3)10-9-4-5-11/h7,9,11H,4-6H2,1-3H3. The summed E-state index contributed by atoms with van der Waals surface area (Å²) in [5, 5.41) is 12.5. The van der Waals surface area contributed by atoms with E-state index in [1.807, 2.05) is 6.92 Å². The number of nitrogens with one attached hydrogen (secondary N) is 1. The van der Waals surface area contributed by atoms with E-state index in [1.54, 1.807) is 0 Å². The lowest BCUT2D eigenvalue weighted by atomic mass is 10.1. The van der Waals surface area contributed by atoms with Crippen molar-refractivity contribution in [2.75, 3.05) is 13.2 Å². The summed E-state index contributed by atoms with van der Waals surface area (Å²) in [6.07, 6.45) is 1.01. The van der Waals surface area contributed by atoms with Gasteiger partial charge in [0.05, 0.1) is 13.2 Å². The van der Waals surface area contributed by atoms with Crippen molar-refractivity contribution < 1.29 is 5.11 Å². The summed E-state index contributed by atoms with van der Waals surface area (Å²) in [6.45, 7) is 6.98. The van der Waals surface area contributed by atoms with E-state index in [9.17, 15) is 0 Å². The average Bonchev–Trinajstić information content (AvgIpc) is 1.86. The SMILES string of the molecule is CC(CC(C)C)=NNCCO. The minimum atomic E-state index is 0.137. The first kappa shape index (κ1) is 10.4. The fraction of sp³-hybridized carbons (Fsp3) is 0.875. The molecule has 0 saturated carbocycles. The molecule has 0 aliphatic carbocycles. The van der Waals surface area contributed by atoms with Crippen molar-refractivity contribution >= 4 is 5.71 Å². The fourth-order valence-corrected chi connectivity index (χ4v) is 0.877. The zero-order valence-electron chi connectivity index (χ0n) is 7.59. The number of rotatable bonds is 5. The van der Waals surface area contributed by atoms with Gasteiger partial charge in [-0.25, -0.2) is 0 Å². The fourth-order valence-electron chi connectivity index (χ4n) is 0.877. The number of aliphatic hydroxyl groups is 1. The van der Waals surface area contributed by atoms with Crippen LogP contribution in [0.5, 0.6) is 0 Å². The molecule has 0 fully saturated rings. The zero-order valence-corrected chi connectivity index (χ0v) is 7.59. The Morgan fingerprint density at radius 3 is 2.64 bits per heavy atom. The number of hydrogen-bond acceptors (Lipinski definition) is 3. The van der Waals surface area contributed by atoms with E-state index in [0.29, 0.717) is 12.5 Å². The van der Waals surface area contributed by atoms with Gasteiger partial charge in [-0.2, -0.15) is 5.10 Å². The second kappa shape index (κ2) is 6.16.